The zero-order valence-corrected chi connectivity index (χ0v) is 17.6. The number of phenolic OH excluding ortho intramolecular Hbond substituents is 1. The molecule has 0 aliphatic carbocycles. The second-order valence-electron chi connectivity index (χ2n) is 6.55. The zero-order valence-electron chi connectivity index (χ0n) is 16.8. The van der Waals surface area contributed by atoms with Gasteiger partial charge in [-0.15, -0.1) is 11.3 Å². The maximum atomic E-state index is 12.7. The number of benzene rings is 2. The second kappa shape index (κ2) is 10.1. The molecular weight excluding hydrogens is 432 g/mol. The summed E-state index contributed by atoms with van der Waals surface area (Å²) in [5.41, 5.74) is 2.73. The number of hydrogen-bond acceptors (Lipinski definition) is 7. The normalized spacial score (nSPS) is 11.3. The van der Waals surface area contributed by atoms with E-state index in [1.807, 2.05) is 5.38 Å². The maximum absolute atomic E-state index is 12.7. The number of aromatic hydroxyl groups is 1. The largest absolute Gasteiger partial charge is 0.507 e. The molecule has 0 saturated heterocycles. The van der Waals surface area contributed by atoms with Crippen molar-refractivity contribution in [1.29, 1.82) is 0 Å². The van der Waals surface area contributed by atoms with Crippen molar-refractivity contribution in [3.05, 3.63) is 97.4 Å². The molecule has 0 aliphatic heterocycles. The molecule has 0 atom stereocenters. The molecule has 1 heterocycles. The first kappa shape index (κ1) is 22.4. The molecule has 10 heteroatoms. The number of carbonyl (C=O) groups excluding carboxylic acids is 2. The lowest BCUT2D eigenvalue weighted by molar-refractivity contribution is -0.384. The Hall–Kier alpha value is -4.31. The summed E-state index contributed by atoms with van der Waals surface area (Å²) in [6.45, 7) is 1.51. The predicted octanol–water partition coefficient (Wildman–Crippen LogP) is 3.59. The fraction of sp³-hybridized carbons (Fsp3) is 0.0455. The molecule has 162 valence electrons. The number of rotatable bonds is 7. The average Bonchev–Trinajstić information content (AvgIpc) is 3.29. The average molecular weight is 450 g/mol. The van der Waals surface area contributed by atoms with Crippen molar-refractivity contribution in [2.24, 2.45) is 5.10 Å². The first-order valence-electron chi connectivity index (χ1n) is 9.28. The Morgan fingerprint density at radius 3 is 2.56 bits per heavy atom. The van der Waals surface area contributed by atoms with E-state index in [1.165, 1.54) is 30.4 Å². The Balaban J connectivity index is 1.80. The predicted molar refractivity (Wildman–Crippen MR) is 121 cm³/mol. The molecule has 0 unspecified atom stereocenters. The number of nitrogens with one attached hydrogen (secondary N) is 2. The van der Waals surface area contributed by atoms with Gasteiger partial charge in [0.15, 0.2) is 0 Å². The summed E-state index contributed by atoms with van der Waals surface area (Å²) in [6.07, 6.45) is 2.60. The Bertz CT molecular complexity index is 1200. The number of thiophene rings is 1. The fourth-order valence-corrected chi connectivity index (χ4v) is 3.33. The molecule has 0 radical (unpaired) electrons. The standard InChI is InChI=1S/C22H18N4O5S/c1-14-10-17(26(30)31)11-16(20(14)27)13-23-25-22(29)19(12-18-8-5-9-32-18)24-21(28)15-6-3-2-4-7-15/h2-13,27H,1H3,(H,24,28)(H,25,29)/b19-12?,23-13+. The van der Waals surface area contributed by atoms with Gasteiger partial charge < -0.3 is 10.4 Å². The van der Waals surface area contributed by atoms with Gasteiger partial charge in [0.1, 0.15) is 11.4 Å². The lowest BCUT2D eigenvalue weighted by atomic mass is 10.1. The van der Waals surface area contributed by atoms with Crippen LogP contribution in [-0.4, -0.2) is 28.1 Å². The fourth-order valence-electron chi connectivity index (χ4n) is 2.67. The monoisotopic (exact) mass is 450 g/mol. The third-order valence-corrected chi connectivity index (χ3v) is 5.07. The van der Waals surface area contributed by atoms with E-state index in [0.29, 0.717) is 11.1 Å². The quantitative estimate of drug-likeness (QED) is 0.219. The Kier molecular flexibility index (Phi) is 7.09. The number of hydrazone groups is 1. The van der Waals surface area contributed by atoms with Gasteiger partial charge in [0.05, 0.1) is 11.1 Å². The molecule has 2 amide bonds. The van der Waals surface area contributed by atoms with Crippen LogP contribution in [0.3, 0.4) is 0 Å². The molecule has 0 saturated carbocycles. The number of carbonyl (C=O) groups is 2. The van der Waals surface area contributed by atoms with Gasteiger partial charge in [0.2, 0.25) is 0 Å². The first-order valence-corrected chi connectivity index (χ1v) is 10.2. The topological polar surface area (TPSA) is 134 Å². The lowest BCUT2D eigenvalue weighted by Crippen LogP contribution is -2.32. The molecule has 0 bridgehead atoms. The molecule has 3 rings (SSSR count). The van der Waals surface area contributed by atoms with Crippen LogP contribution in [0, 0.1) is 17.0 Å². The number of nitro benzene ring substituents is 1. The van der Waals surface area contributed by atoms with Crippen molar-refractivity contribution < 1.29 is 19.6 Å². The van der Waals surface area contributed by atoms with E-state index in [4.69, 9.17) is 0 Å². The van der Waals surface area contributed by atoms with Crippen LogP contribution >= 0.6 is 11.3 Å². The van der Waals surface area contributed by atoms with Gasteiger partial charge in [-0.2, -0.15) is 5.10 Å². The highest BCUT2D eigenvalue weighted by Crippen LogP contribution is 2.26. The van der Waals surface area contributed by atoms with E-state index >= 15 is 0 Å². The minimum Gasteiger partial charge on any atom is -0.507 e. The molecule has 1 aromatic heterocycles. The number of non-ortho nitro benzene ring substituents is 1. The van der Waals surface area contributed by atoms with Crippen molar-refractivity contribution in [3.8, 4) is 5.75 Å². The first-order chi connectivity index (χ1) is 15.3. The second-order valence-corrected chi connectivity index (χ2v) is 7.53. The lowest BCUT2D eigenvalue weighted by Gasteiger charge is -2.09. The minimum atomic E-state index is -0.708. The summed E-state index contributed by atoms with van der Waals surface area (Å²) in [4.78, 5) is 36.3. The summed E-state index contributed by atoms with van der Waals surface area (Å²) in [5, 5.41) is 29.3. The van der Waals surface area contributed by atoms with Crippen molar-refractivity contribution >= 4 is 41.1 Å². The highest BCUT2D eigenvalue weighted by atomic mass is 32.1. The summed E-state index contributed by atoms with van der Waals surface area (Å²) in [7, 11) is 0. The molecule has 9 nitrogen and oxygen atoms in total. The van der Waals surface area contributed by atoms with Crippen LogP contribution in [0.15, 0.2) is 70.8 Å². The van der Waals surface area contributed by atoms with E-state index in [1.54, 1.807) is 42.5 Å². The number of amides is 2. The van der Waals surface area contributed by atoms with Crippen LogP contribution in [0.4, 0.5) is 5.69 Å². The van der Waals surface area contributed by atoms with E-state index in [2.05, 4.69) is 15.8 Å². The SMILES string of the molecule is Cc1cc([N+](=O)[O-])cc(/C=N/NC(=O)C(=Cc2cccs2)NC(=O)c2ccccc2)c1O. The molecular formula is C22H18N4O5S. The van der Waals surface area contributed by atoms with E-state index < -0.39 is 16.7 Å². The Morgan fingerprint density at radius 2 is 1.91 bits per heavy atom. The third kappa shape index (κ3) is 5.64. The highest BCUT2D eigenvalue weighted by Gasteiger charge is 2.15. The number of phenols is 1. The van der Waals surface area contributed by atoms with Crippen LogP contribution in [0.2, 0.25) is 0 Å². The molecule has 3 N–H and O–H groups in total. The molecule has 3 aromatic rings. The van der Waals surface area contributed by atoms with Crippen molar-refractivity contribution in [2.45, 2.75) is 6.92 Å². The van der Waals surface area contributed by atoms with Crippen LogP contribution < -0.4 is 10.7 Å². The third-order valence-electron chi connectivity index (χ3n) is 4.25. The number of aryl methyl sites for hydroxylation is 1. The minimum absolute atomic E-state index is 0.0436. The molecule has 2 aromatic carbocycles. The number of nitrogens with zero attached hydrogens (tertiary/aromatic N) is 2. The highest BCUT2D eigenvalue weighted by molar-refractivity contribution is 7.10. The van der Waals surface area contributed by atoms with Gasteiger partial charge in [0, 0.05) is 28.1 Å². The van der Waals surface area contributed by atoms with Crippen LogP contribution in [-0.2, 0) is 4.79 Å². The van der Waals surface area contributed by atoms with Gasteiger partial charge in [-0.25, -0.2) is 5.43 Å². The van der Waals surface area contributed by atoms with Gasteiger partial charge in [-0.1, -0.05) is 24.3 Å². The zero-order chi connectivity index (χ0) is 23.1. The van der Waals surface area contributed by atoms with Gasteiger partial charge in [0.25, 0.3) is 17.5 Å². The van der Waals surface area contributed by atoms with Crippen LogP contribution in [0.25, 0.3) is 6.08 Å². The summed E-state index contributed by atoms with van der Waals surface area (Å²) >= 11 is 1.38. The summed E-state index contributed by atoms with van der Waals surface area (Å²) in [6, 6.07) is 14.3. The van der Waals surface area contributed by atoms with Crippen molar-refractivity contribution in [3.63, 3.8) is 0 Å². The van der Waals surface area contributed by atoms with Crippen LogP contribution in [0.5, 0.6) is 5.75 Å². The molecule has 0 spiro atoms. The van der Waals surface area contributed by atoms with Crippen molar-refractivity contribution in [1.82, 2.24) is 10.7 Å². The van der Waals surface area contributed by atoms with E-state index in [9.17, 15) is 24.8 Å². The van der Waals surface area contributed by atoms with Crippen molar-refractivity contribution in [2.75, 3.05) is 0 Å². The maximum Gasteiger partial charge on any atom is 0.287 e. The molecule has 0 aliphatic rings. The molecule has 0 fully saturated rings. The van der Waals surface area contributed by atoms with E-state index in [-0.39, 0.29) is 22.7 Å². The summed E-state index contributed by atoms with van der Waals surface area (Å²) in [5.74, 6) is -1.37. The summed E-state index contributed by atoms with van der Waals surface area (Å²) < 4.78 is 0. The van der Waals surface area contributed by atoms with E-state index in [0.717, 1.165) is 17.2 Å². The smallest absolute Gasteiger partial charge is 0.287 e. The Morgan fingerprint density at radius 1 is 1.16 bits per heavy atom. The Labute approximate surface area is 186 Å². The molecule has 32 heavy (non-hydrogen) atoms. The van der Waals surface area contributed by atoms with Gasteiger partial charge in [-0.3, -0.25) is 19.7 Å². The number of nitro groups is 1. The van der Waals surface area contributed by atoms with Gasteiger partial charge in [-0.05, 0) is 42.1 Å². The van der Waals surface area contributed by atoms with Crippen LogP contribution in [0.1, 0.15) is 26.4 Å². The van der Waals surface area contributed by atoms with Gasteiger partial charge >= 0.3 is 0 Å². The number of hydrogen-bond donors (Lipinski definition) is 3.